The molecule has 1 aliphatic heterocycles. The van der Waals surface area contributed by atoms with Crippen molar-refractivity contribution in [3.63, 3.8) is 0 Å². The van der Waals surface area contributed by atoms with Crippen LogP contribution in [0.25, 0.3) is 0 Å². The summed E-state index contributed by atoms with van der Waals surface area (Å²) in [7, 11) is 0. The fourth-order valence-electron chi connectivity index (χ4n) is 3.41. The minimum absolute atomic E-state index is 0.0322. The third-order valence-corrected chi connectivity index (χ3v) is 5.11. The number of ether oxygens (including phenoxy) is 2. The number of halogens is 1. The molecule has 0 aromatic heterocycles. The first-order valence-corrected chi connectivity index (χ1v) is 9.92. The lowest BCUT2D eigenvalue weighted by atomic mass is 9.94. The van der Waals surface area contributed by atoms with Crippen molar-refractivity contribution in [3.05, 3.63) is 59.1 Å². The molecule has 1 amide bonds. The third kappa shape index (κ3) is 5.64. The highest BCUT2D eigenvalue weighted by atomic mass is 35.5. The van der Waals surface area contributed by atoms with E-state index in [0.717, 1.165) is 43.1 Å². The zero-order chi connectivity index (χ0) is 19.1. The summed E-state index contributed by atoms with van der Waals surface area (Å²) in [5, 5.41) is 0.740. The van der Waals surface area contributed by atoms with Crippen molar-refractivity contribution >= 4 is 17.5 Å². The van der Waals surface area contributed by atoms with E-state index in [1.54, 1.807) is 0 Å². The molecular weight excluding hydrogens is 362 g/mol. The predicted octanol–water partition coefficient (Wildman–Crippen LogP) is 4.91. The maximum absolute atomic E-state index is 12.7. The zero-order valence-corrected chi connectivity index (χ0v) is 16.5. The van der Waals surface area contributed by atoms with E-state index in [1.807, 2.05) is 48.2 Å². The van der Waals surface area contributed by atoms with Gasteiger partial charge in [-0.15, -0.1) is 0 Å². The molecule has 4 nitrogen and oxygen atoms in total. The van der Waals surface area contributed by atoms with Gasteiger partial charge in [0.1, 0.15) is 11.5 Å². The Bertz CT molecular complexity index is 730. The Hall–Kier alpha value is -2.20. The molecule has 2 aromatic rings. The molecule has 5 heteroatoms. The van der Waals surface area contributed by atoms with Crippen LogP contribution in [-0.2, 0) is 4.79 Å². The second kappa shape index (κ2) is 9.65. The monoisotopic (exact) mass is 387 g/mol. The van der Waals surface area contributed by atoms with E-state index < -0.39 is 0 Å². The molecule has 1 fully saturated rings. The molecule has 27 heavy (non-hydrogen) atoms. The van der Waals surface area contributed by atoms with Crippen LogP contribution in [0.5, 0.6) is 11.5 Å². The molecule has 0 radical (unpaired) electrons. The number of carbonyl (C=O) groups is 1. The topological polar surface area (TPSA) is 38.8 Å². The fourth-order valence-corrected chi connectivity index (χ4v) is 3.54. The second-order valence-corrected chi connectivity index (χ2v) is 7.21. The van der Waals surface area contributed by atoms with Gasteiger partial charge in [0, 0.05) is 24.0 Å². The summed E-state index contributed by atoms with van der Waals surface area (Å²) in [5.74, 6) is 1.86. The minimum Gasteiger partial charge on any atom is -0.494 e. The van der Waals surface area contributed by atoms with Crippen LogP contribution in [0.1, 0.15) is 37.7 Å². The maximum Gasteiger partial charge on any atom is 0.260 e. The van der Waals surface area contributed by atoms with Crippen molar-refractivity contribution in [3.8, 4) is 11.5 Å². The van der Waals surface area contributed by atoms with Gasteiger partial charge in [-0.1, -0.05) is 30.2 Å². The first kappa shape index (κ1) is 19.6. The van der Waals surface area contributed by atoms with Gasteiger partial charge in [-0.3, -0.25) is 4.79 Å². The summed E-state index contributed by atoms with van der Waals surface area (Å²) in [6, 6.07) is 15.3. The van der Waals surface area contributed by atoms with E-state index >= 15 is 0 Å². The normalized spacial score (nSPS) is 17.3. The highest BCUT2D eigenvalue weighted by Crippen LogP contribution is 2.27. The molecule has 0 N–H and O–H groups in total. The van der Waals surface area contributed by atoms with Gasteiger partial charge in [0.25, 0.3) is 5.91 Å². The van der Waals surface area contributed by atoms with Gasteiger partial charge < -0.3 is 14.4 Å². The lowest BCUT2D eigenvalue weighted by Crippen LogP contribution is -2.37. The number of nitrogens with zero attached hydrogens (tertiary/aromatic N) is 1. The molecule has 2 aromatic carbocycles. The van der Waals surface area contributed by atoms with Crippen molar-refractivity contribution in [1.82, 2.24) is 4.90 Å². The number of carbonyl (C=O) groups excluding carboxylic acids is 1. The summed E-state index contributed by atoms with van der Waals surface area (Å²) in [5.41, 5.74) is 1.24. The smallest absolute Gasteiger partial charge is 0.260 e. The van der Waals surface area contributed by atoms with Crippen molar-refractivity contribution in [2.75, 3.05) is 26.3 Å². The Balaban J connectivity index is 1.57. The minimum atomic E-state index is 0.0322. The van der Waals surface area contributed by atoms with E-state index in [0.29, 0.717) is 18.3 Å². The summed E-state index contributed by atoms with van der Waals surface area (Å²) in [4.78, 5) is 14.6. The highest BCUT2D eigenvalue weighted by Gasteiger charge is 2.23. The molecule has 1 aliphatic rings. The molecule has 1 atom stereocenters. The molecule has 1 heterocycles. The highest BCUT2D eigenvalue weighted by molar-refractivity contribution is 6.30. The van der Waals surface area contributed by atoms with Crippen LogP contribution in [0.3, 0.4) is 0 Å². The Labute approximate surface area is 166 Å². The summed E-state index contributed by atoms with van der Waals surface area (Å²) in [6.45, 7) is 4.15. The number of amides is 1. The van der Waals surface area contributed by atoms with Crippen LogP contribution in [0.2, 0.25) is 5.02 Å². The van der Waals surface area contributed by atoms with E-state index in [9.17, 15) is 4.79 Å². The van der Waals surface area contributed by atoms with Crippen LogP contribution in [0.4, 0.5) is 0 Å². The van der Waals surface area contributed by atoms with Crippen LogP contribution in [-0.4, -0.2) is 37.1 Å². The third-order valence-electron chi connectivity index (χ3n) is 4.86. The van der Waals surface area contributed by atoms with E-state index in [4.69, 9.17) is 21.1 Å². The summed E-state index contributed by atoms with van der Waals surface area (Å²) in [6.07, 6.45) is 3.24. The molecule has 0 spiro atoms. The molecule has 0 bridgehead atoms. The van der Waals surface area contributed by atoms with Gasteiger partial charge in [0.2, 0.25) is 0 Å². The Kier molecular flexibility index (Phi) is 6.99. The van der Waals surface area contributed by atoms with Gasteiger partial charge in [0.15, 0.2) is 6.61 Å². The Morgan fingerprint density at radius 3 is 2.37 bits per heavy atom. The molecule has 0 aliphatic carbocycles. The Morgan fingerprint density at radius 1 is 1.04 bits per heavy atom. The Morgan fingerprint density at radius 2 is 1.70 bits per heavy atom. The quantitative estimate of drug-likeness (QED) is 0.706. The number of rotatable bonds is 6. The first-order valence-electron chi connectivity index (χ1n) is 9.54. The molecular formula is C22H26ClNO3. The number of likely N-dealkylation sites (tertiary alicyclic amines) is 1. The number of benzene rings is 2. The average Bonchev–Trinajstić information content (AvgIpc) is 2.94. The summed E-state index contributed by atoms with van der Waals surface area (Å²) >= 11 is 6.00. The predicted molar refractivity (Wildman–Crippen MR) is 108 cm³/mol. The SMILES string of the molecule is CCOc1ccc(OCC(=O)N2CCCCC(c3ccc(Cl)cc3)C2)cc1. The number of hydrogen-bond donors (Lipinski definition) is 0. The van der Waals surface area contributed by atoms with Crippen LogP contribution < -0.4 is 9.47 Å². The largest absolute Gasteiger partial charge is 0.494 e. The van der Waals surface area contributed by atoms with Crippen molar-refractivity contribution < 1.29 is 14.3 Å². The maximum atomic E-state index is 12.7. The van der Waals surface area contributed by atoms with Crippen molar-refractivity contribution in [1.29, 1.82) is 0 Å². The van der Waals surface area contributed by atoms with Gasteiger partial charge in [0.05, 0.1) is 6.61 Å². The molecule has 1 unspecified atom stereocenters. The van der Waals surface area contributed by atoms with Gasteiger partial charge in [-0.2, -0.15) is 0 Å². The second-order valence-electron chi connectivity index (χ2n) is 6.78. The standard InChI is InChI=1S/C22H26ClNO3/c1-2-26-20-10-12-21(13-11-20)27-16-22(25)24-14-4-3-5-18(15-24)17-6-8-19(23)9-7-17/h6-13,18H,2-5,14-16H2,1H3. The molecule has 3 rings (SSSR count). The van der Waals surface area contributed by atoms with Gasteiger partial charge in [-0.05, 0) is 61.7 Å². The lowest BCUT2D eigenvalue weighted by Gasteiger charge is -2.25. The van der Waals surface area contributed by atoms with Crippen LogP contribution in [0.15, 0.2) is 48.5 Å². The molecule has 0 saturated carbocycles. The first-order chi connectivity index (χ1) is 13.2. The average molecular weight is 388 g/mol. The van der Waals surface area contributed by atoms with Gasteiger partial charge in [-0.25, -0.2) is 0 Å². The van der Waals surface area contributed by atoms with Crippen LogP contribution in [0, 0.1) is 0 Å². The van der Waals surface area contributed by atoms with Crippen LogP contribution >= 0.6 is 11.6 Å². The van der Waals surface area contributed by atoms with Crippen molar-refractivity contribution in [2.24, 2.45) is 0 Å². The van der Waals surface area contributed by atoms with E-state index in [2.05, 4.69) is 12.1 Å². The zero-order valence-electron chi connectivity index (χ0n) is 15.7. The van der Waals surface area contributed by atoms with Crippen molar-refractivity contribution in [2.45, 2.75) is 32.1 Å². The molecule has 1 saturated heterocycles. The van der Waals surface area contributed by atoms with E-state index in [-0.39, 0.29) is 12.5 Å². The molecule has 144 valence electrons. The van der Waals surface area contributed by atoms with Gasteiger partial charge >= 0.3 is 0 Å². The fraction of sp³-hybridized carbons (Fsp3) is 0.409. The number of hydrogen-bond acceptors (Lipinski definition) is 3. The lowest BCUT2D eigenvalue weighted by molar-refractivity contribution is -0.133. The summed E-state index contributed by atoms with van der Waals surface area (Å²) < 4.78 is 11.1. The van der Waals surface area contributed by atoms with E-state index in [1.165, 1.54) is 5.56 Å².